The minimum absolute atomic E-state index is 0.0414. The number of rotatable bonds is 5. The molecule has 0 aliphatic rings. The molecule has 3 amide bonds. The second-order valence-corrected chi connectivity index (χ2v) is 8.14. The van der Waals surface area contributed by atoms with Crippen LogP contribution in [0, 0.1) is 0 Å². The molecular weight excluding hydrogens is 440 g/mol. The van der Waals surface area contributed by atoms with Gasteiger partial charge < -0.3 is 19.5 Å². The van der Waals surface area contributed by atoms with Gasteiger partial charge in [0.15, 0.2) is 10.8 Å². The second-order valence-electron chi connectivity index (χ2n) is 7.29. The van der Waals surface area contributed by atoms with Crippen LogP contribution in [0.25, 0.3) is 0 Å². The number of carbonyl (C=O) groups excluding carboxylic acids is 4. The first-order chi connectivity index (χ1) is 15.0. The van der Waals surface area contributed by atoms with Crippen LogP contribution in [-0.2, 0) is 9.53 Å². The number of ether oxygens (including phenoxy) is 3. The van der Waals surface area contributed by atoms with Crippen molar-refractivity contribution in [2.45, 2.75) is 40.2 Å². The molecular formula is C20H24N4O7S. The van der Waals surface area contributed by atoms with Crippen LogP contribution in [0.2, 0.25) is 0 Å². The summed E-state index contributed by atoms with van der Waals surface area (Å²) in [5.74, 6) is -0.660. The van der Waals surface area contributed by atoms with Crippen LogP contribution in [0.3, 0.4) is 0 Å². The number of anilines is 1. The lowest BCUT2D eigenvalue weighted by molar-refractivity contribution is -0.114. The Kier molecular flexibility index (Phi) is 8.13. The van der Waals surface area contributed by atoms with Crippen molar-refractivity contribution in [1.82, 2.24) is 15.4 Å². The standard InChI is InChI=1S/C20H24N4O7S/c1-6-29-19(28)24(20(3,4)5)23-18(27)31-14-9-7-13(8-10-14)30-16(26)15-11-32-17(22-15)21-12(2)25/h7-11H,6H2,1-5H3,(H,23,27)(H,21,22,25). The zero-order valence-electron chi connectivity index (χ0n) is 18.3. The Balaban J connectivity index is 1.96. The van der Waals surface area contributed by atoms with E-state index in [4.69, 9.17) is 14.2 Å². The maximum absolute atomic E-state index is 12.2. The molecule has 12 heteroatoms. The van der Waals surface area contributed by atoms with E-state index < -0.39 is 23.7 Å². The zero-order chi connectivity index (χ0) is 23.9. The Morgan fingerprint density at radius 3 is 2.19 bits per heavy atom. The van der Waals surface area contributed by atoms with E-state index in [-0.39, 0.29) is 34.8 Å². The summed E-state index contributed by atoms with van der Waals surface area (Å²) in [5, 5.41) is 5.25. The molecule has 0 bridgehead atoms. The lowest BCUT2D eigenvalue weighted by Gasteiger charge is -2.33. The largest absolute Gasteiger partial charge is 0.448 e. The molecule has 172 valence electrons. The fourth-order valence-electron chi connectivity index (χ4n) is 2.21. The smallest absolute Gasteiger partial charge is 0.431 e. The van der Waals surface area contributed by atoms with Crippen LogP contribution >= 0.6 is 11.3 Å². The van der Waals surface area contributed by atoms with E-state index in [1.54, 1.807) is 27.7 Å². The summed E-state index contributed by atoms with van der Waals surface area (Å²) in [4.78, 5) is 51.4. The molecule has 0 fully saturated rings. The van der Waals surface area contributed by atoms with Gasteiger partial charge in [-0.2, -0.15) is 0 Å². The lowest BCUT2D eigenvalue weighted by atomic mass is 10.1. The molecule has 0 radical (unpaired) electrons. The van der Waals surface area contributed by atoms with Gasteiger partial charge in [-0.25, -0.2) is 29.8 Å². The van der Waals surface area contributed by atoms with Crippen LogP contribution < -0.4 is 20.2 Å². The molecule has 2 rings (SSSR count). The van der Waals surface area contributed by atoms with E-state index in [0.29, 0.717) is 0 Å². The number of hydrogen-bond donors (Lipinski definition) is 2. The lowest BCUT2D eigenvalue weighted by Crippen LogP contribution is -2.56. The van der Waals surface area contributed by atoms with Crippen LogP contribution in [0.15, 0.2) is 29.6 Å². The van der Waals surface area contributed by atoms with E-state index >= 15 is 0 Å². The highest BCUT2D eigenvalue weighted by Crippen LogP contribution is 2.21. The summed E-state index contributed by atoms with van der Waals surface area (Å²) in [6.07, 6.45) is -1.62. The maximum atomic E-state index is 12.2. The first kappa shape index (κ1) is 24.6. The van der Waals surface area contributed by atoms with Crippen LogP contribution in [0.4, 0.5) is 14.7 Å². The molecule has 2 N–H and O–H groups in total. The number of thiazole rings is 1. The van der Waals surface area contributed by atoms with E-state index in [1.807, 2.05) is 0 Å². The summed E-state index contributed by atoms with van der Waals surface area (Å²) >= 11 is 1.09. The molecule has 11 nitrogen and oxygen atoms in total. The number of benzene rings is 1. The van der Waals surface area contributed by atoms with Gasteiger partial charge in [0, 0.05) is 12.3 Å². The van der Waals surface area contributed by atoms with Crippen molar-refractivity contribution in [1.29, 1.82) is 0 Å². The van der Waals surface area contributed by atoms with Crippen molar-refractivity contribution in [3.05, 3.63) is 35.3 Å². The van der Waals surface area contributed by atoms with Gasteiger partial charge in [0.25, 0.3) is 0 Å². The Morgan fingerprint density at radius 1 is 1.06 bits per heavy atom. The summed E-state index contributed by atoms with van der Waals surface area (Å²) in [5.41, 5.74) is 1.64. The van der Waals surface area contributed by atoms with Crippen molar-refractivity contribution in [2.75, 3.05) is 11.9 Å². The van der Waals surface area contributed by atoms with E-state index in [0.717, 1.165) is 16.3 Å². The Bertz CT molecular complexity index is 983. The molecule has 0 saturated carbocycles. The monoisotopic (exact) mass is 464 g/mol. The van der Waals surface area contributed by atoms with Crippen LogP contribution in [-0.4, -0.2) is 46.2 Å². The summed E-state index contributed by atoms with van der Waals surface area (Å²) in [7, 11) is 0. The first-order valence-electron chi connectivity index (χ1n) is 9.50. The fourth-order valence-corrected chi connectivity index (χ4v) is 2.93. The number of aromatic nitrogens is 1. The number of nitrogens with one attached hydrogen (secondary N) is 2. The number of nitrogens with zero attached hydrogens (tertiary/aromatic N) is 2. The van der Waals surface area contributed by atoms with Gasteiger partial charge in [0.2, 0.25) is 5.91 Å². The second kappa shape index (κ2) is 10.6. The molecule has 1 heterocycles. The Morgan fingerprint density at radius 2 is 1.66 bits per heavy atom. The number of amides is 3. The summed E-state index contributed by atoms with van der Waals surface area (Å²) in [6, 6.07) is 5.68. The van der Waals surface area contributed by atoms with Gasteiger partial charge in [-0.3, -0.25) is 4.79 Å². The normalized spacial score (nSPS) is 10.7. The maximum Gasteiger partial charge on any atom is 0.431 e. The molecule has 2 aromatic rings. The minimum Gasteiger partial charge on any atom is -0.448 e. The highest BCUT2D eigenvalue weighted by atomic mass is 32.1. The van der Waals surface area contributed by atoms with Crippen molar-refractivity contribution in [2.24, 2.45) is 0 Å². The molecule has 0 aliphatic heterocycles. The Hall–Kier alpha value is -3.67. The first-order valence-corrected chi connectivity index (χ1v) is 10.4. The van der Waals surface area contributed by atoms with Gasteiger partial charge in [-0.05, 0) is 52.0 Å². The number of hydrogen-bond acceptors (Lipinski definition) is 9. The van der Waals surface area contributed by atoms with Crippen LogP contribution in [0.1, 0.15) is 45.1 Å². The van der Waals surface area contributed by atoms with E-state index in [1.165, 1.54) is 36.6 Å². The highest BCUT2D eigenvalue weighted by Gasteiger charge is 2.30. The van der Waals surface area contributed by atoms with Gasteiger partial charge >= 0.3 is 18.2 Å². The van der Waals surface area contributed by atoms with Crippen LogP contribution in [0.5, 0.6) is 11.5 Å². The van der Waals surface area contributed by atoms with Gasteiger partial charge in [-0.1, -0.05) is 0 Å². The molecule has 1 aromatic heterocycles. The predicted octanol–water partition coefficient (Wildman–Crippen LogP) is 3.58. The van der Waals surface area contributed by atoms with Gasteiger partial charge in [0.1, 0.15) is 11.5 Å². The van der Waals surface area contributed by atoms with Crippen molar-refractivity contribution in [3.63, 3.8) is 0 Å². The molecule has 0 aliphatic carbocycles. The van der Waals surface area contributed by atoms with Crippen molar-refractivity contribution < 1.29 is 33.4 Å². The summed E-state index contributed by atoms with van der Waals surface area (Å²) in [6.45, 7) is 8.29. The average Bonchev–Trinajstić information content (AvgIpc) is 3.15. The molecule has 0 atom stereocenters. The third-order valence-electron chi connectivity index (χ3n) is 3.57. The zero-order valence-corrected chi connectivity index (χ0v) is 19.1. The molecule has 0 unspecified atom stereocenters. The molecule has 1 aromatic carbocycles. The quantitative estimate of drug-likeness (QED) is 0.389. The van der Waals surface area contributed by atoms with Gasteiger partial charge in [-0.15, -0.1) is 11.3 Å². The number of carbonyl (C=O) groups is 4. The van der Waals surface area contributed by atoms with E-state index in [9.17, 15) is 19.2 Å². The third kappa shape index (κ3) is 7.23. The molecule has 0 spiro atoms. The van der Waals surface area contributed by atoms with Gasteiger partial charge in [0.05, 0.1) is 12.1 Å². The predicted molar refractivity (Wildman–Crippen MR) is 116 cm³/mol. The minimum atomic E-state index is -0.898. The average molecular weight is 465 g/mol. The number of esters is 1. The molecule has 32 heavy (non-hydrogen) atoms. The van der Waals surface area contributed by atoms with E-state index in [2.05, 4.69) is 15.7 Å². The topological polar surface area (TPSA) is 136 Å². The highest BCUT2D eigenvalue weighted by molar-refractivity contribution is 7.14. The SMILES string of the molecule is CCOC(=O)N(NC(=O)Oc1ccc(OC(=O)c2csc(NC(C)=O)n2)cc1)C(C)(C)C. The molecule has 0 saturated heterocycles. The summed E-state index contributed by atoms with van der Waals surface area (Å²) < 4.78 is 15.3. The number of hydrazine groups is 1. The van der Waals surface area contributed by atoms with Crippen molar-refractivity contribution in [3.8, 4) is 11.5 Å². The van der Waals surface area contributed by atoms with Crippen molar-refractivity contribution >= 4 is 40.5 Å². The Labute approximate surface area is 188 Å². The third-order valence-corrected chi connectivity index (χ3v) is 4.32. The fraction of sp³-hybridized carbons (Fsp3) is 0.350.